The summed E-state index contributed by atoms with van der Waals surface area (Å²) in [5.41, 5.74) is 5.63. The molecule has 1 heterocycles. The summed E-state index contributed by atoms with van der Waals surface area (Å²) >= 11 is 15.0. The molecular weight excluding hydrogens is 337 g/mol. The summed E-state index contributed by atoms with van der Waals surface area (Å²) in [6, 6.07) is 2.73. The molecule has 17 heavy (non-hydrogen) atoms. The quantitative estimate of drug-likeness (QED) is 0.755. The predicted molar refractivity (Wildman–Crippen MR) is 68.8 cm³/mol. The van der Waals surface area contributed by atoms with Gasteiger partial charge in [-0.1, -0.05) is 23.2 Å². The molecule has 0 radical (unpaired) electrons. The van der Waals surface area contributed by atoms with Crippen LogP contribution in [0, 0.1) is 0 Å². The Labute approximate surface area is 114 Å². The molecule has 0 fully saturated rings. The highest BCUT2D eigenvalue weighted by Crippen LogP contribution is 2.38. The first-order valence-corrected chi connectivity index (χ1v) is 5.98. The lowest BCUT2D eigenvalue weighted by Crippen LogP contribution is -1.97. The smallest absolute Gasteiger partial charge is 0.280 e. The molecule has 0 unspecified atom stereocenters. The van der Waals surface area contributed by atoms with Gasteiger partial charge in [0.2, 0.25) is 0 Å². The van der Waals surface area contributed by atoms with Crippen LogP contribution in [0.5, 0.6) is 0 Å². The van der Waals surface area contributed by atoms with Gasteiger partial charge in [-0.2, -0.15) is 0 Å². The lowest BCUT2D eigenvalue weighted by molar-refractivity contribution is 0.146. The average molecular weight is 342 g/mol. The molecule has 0 bridgehead atoms. The van der Waals surface area contributed by atoms with Gasteiger partial charge >= 0.3 is 0 Å². The van der Waals surface area contributed by atoms with Gasteiger partial charge < -0.3 is 5.73 Å². The summed E-state index contributed by atoms with van der Waals surface area (Å²) in [5.74, 6) is 0. The molecule has 1 aromatic carbocycles. The maximum absolute atomic E-state index is 12.6. The summed E-state index contributed by atoms with van der Waals surface area (Å²) in [5, 5.41) is 0.804. The van der Waals surface area contributed by atoms with Crippen molar-refractivity contribution < 1.29 is 8.78 Å². The predicted octanol–water partition coefficient (Wildman–Crippen LogP) is 4.82. The number of rotatable bonds is 1. The molecule has 1 aromatic heterocycles. The molecule has 7 heteroatoms. The number of pyridine rings is 1. The van der Waals surface area contributed by atoms with Gasteiger partial charge in [-0.25, -0.2) is 13.8 Å². The van der Waals surface area contributed by atoms with Crippen molar-refractivity contribution in [2.24, 2.45) is 0 Å². The van der Waals surface area contributed by atoms with Crippen LogP contribution in [0.4, 0.5) is 14.5 Å². The van der Waals surface area contributed by atoms with Crippen LogP contribution in [0.15, 0.2) is 16.6 Å². The van der Waals surface area contributed by atoms with Gasteiger partial charge in [0, 0.05) is 15.5 Å². The first-order valence-electron chi connectivity index (χ1n) is 4.43. The molecule has 0 aliphatic heterocycles. The molecule has 0 atom stereocenters. The van der Waals surface area contributed by atoms with Gasteiger partial charge in [-0.05, 0) is 28.1 Å². The summed E-state index contributed by atoms with van der Waals surface area (Å²) < 4.78 is 25.7. The Morgan fingerprint density at radius 1 is 1.24 bits per heavy atom. The second kappa shape index (κ2) is 4.55. The summed E-state index contributed by atoms with van der Waals surface area (Å²) in [4.78, 5) is 3.77. The van der Waals surface area contributed by atoms with E-state index in [2.05, 4.69) is 20.9 Å². The van der Waals surface area contributed by atoms with E-state index >= 15 is 0 Å². The van der Waals surface area contributed by atoms with Crippen LogP contribution in [-0.4, -0.2) is 4.98 Å². The topological polar surface area (TPSA) is 38.9 Å². The minimum absolute atomic E-state index is 0.102. The zero-order valence-electron chi connectivity index (χ0n) is 8.15. The number of halogens is 5. The fourth-order valence-corrected chi connectivity index (χ4v) is 2.36. The number of anilines is 1. The number of nitrogen functional groups attached to an aromatic ring is 1. The van der Waals surface area contributed by atoms with E-state index in [-0.39, 0.29) is 21.2 Å². The fourth-order valence-electron chi connectivity index (χ4n) is 1.43. The Morgan fingerprint density at radius 3 is 2.47 bits per heavy atom. The fraction of sp³-hybridized carbons (Fsp3) is 0.100. The second-order valence-electron chi connectivity index (χ2n) is 3.32. The van der Waals surface area contributed by atoms with Crippen molar-refractivity contribution in [2.75, 3.05) is 5.73 Å². The van der Waals surface area contributed by atoms with Gasteiger partial charge in [-0.15, -0.1) is 0 Å². The van der Waals surface area contributed by atoms with E-state index in [4.69, 9.17) is 28.9 Å². The van der Waals surface area contributed by atoms with E-state index < -0.39 is 12.1 Å². The van der Waals surface area contributed by atoms with Gasteiger partial charge in [-0.3, -0.25) is 0 Å². The van der Waals surface area contributed by atoms with E-state index in [0.717, 1.165) is 6.07 Å². The van der Waals surface area contributed by atoms with Crippen LogP contribution in [-0.2, 0) is 0 Å². The van der Waals surface area contributed by atoms with E-state index in [1.807, 2.05) is 0 Å². The van der Waals surface area contributed by atoms with Crippen molar-refractivity contribution in [3.8, 4) is 0 Å². The van der Waals surface area contributed by atoms with Crippen molar-refractivity contribution in [3.63, 3.8) is 0 Å². The van der Waals surface area contributed by atoms with Crippen LogP contribution < -0.4 is 5.73 Å². The Hall–Kier alpha value is -0.650. The molecule has 0 aliphatic rings. The number of alkyl halides is 2. The Morgan fingerprint density at radius 2 is 1.88 bits per heavy atom. The maximum atomic E-state index is 12.6. The molecule has 0 spiro atoms. The molecule has 0 saturated heterocycles. The highest BCUT2D eigenvalue weighted by atomic mass is 79.9. The number of fused-ring (bicyclic) bond motifs is 1. The van der Waals surface area contributed by atoms with Crippen LogP contribution in [0.25, 0.3) is 10.9 Å². The molecule has 2 rings (SSSR count). The third kappa shape index (κ3) is 2.19. The molecule has 2 N–H and O–H groups in total. The number of nitrogens with two attached hydrogens (primary N) is 1. The van der Waals surface area contributed by atoms with Crippen LogP contribution >= 0.6 is 39.1 Å². The Bertz CT molecular complexity index is 605. The zero-order chi connectivity index (χ0) is 12.7. The second-order valence-corrected chi connectivity index (χ2v) is 4.93. The number of hydrogen-bond donors (Lipinski definition) is 1. The van der Waals surface area contributed by atoms with E-state index in [1.165, 1.54) is 0 Å². The molecule has 0 amide bonds. The average Bonchev–Trinajstić information content (AvgIpc) is 2.27. The van der Waals surface area contributed by atoms with Gasteiger partial charge in [0.1, 0.15) is 5.69 Å². The van der Waals surface area contributed by atoms with Crippen LogP contribution in [0.3, 0.4) is 0 Å². The van der Waals surface area contributed by atoms with Crippen molar-refractivity contribution >= 4 is 55.7 Å². The summed E-state index contributed by atoms with van der Waals surface area (Å²) in [7, 11) is 0. The molecule has 0 saturated carbocycles. The number of benzene rings is 1. The van der Waals surface area contributed by atoms with Crippen molar-refractivity contribution in [3.05, 3.63) is 32.3 Å². The Balaban J connectivity index is 2.88. The number of nitrogens with zero attached hydrogens (tertiary/aromatic N) is 1. The largest absolute Gasteiger partial charge is 0.398 e. The lowest BCUT2D eigenvalue weighted by Gasteiger charge is -2.09. The van der Waals surface area contributed by atoms with E-state index in [1.54, 1.807) is 6.07 Å². The highest BCUT2D eigenvalue weighted by molar-refractivity contribution is 9.10. The summed E-state index contributed by atoms with van der Waals surface area (Å²) in [6.45, 7) is 0. The number of aromatic nitrogens is 1. The minimum atomic E-state index is -2.71. The zero-order valence-corrected chi connectivity index (χ0v) is 11.2. The first-order chi connectivity index (χ1) is 7.91. The molecule has 2 aromatic rings. The van der Waals surface area contributed by atoms with Crippen LogP contribution in [0.2, 0.25) is 10.0 Å². The summed E-state index contributed by atoms with van der Waals surface area (Å²) in [6.07, 6.45) is -2.71. The normalized spacial score (nSPS) is 11.4. The third-order valence-electron chi connectivity index (χ3n) is 2.22. The molecule has 2 nitrogen and oxygen atoms in total. The standard InChI is InChI=1S/C10H5BrCl2F2N2/c11-4-1-3-5(16)2-6(10(14)15)17-9(3)8(13)7(4)12/h1-2,10H,(H2,16,17). The van der Waals surface area contributed by atoms with Crippen molar-refractivity contribution in [2.45, 2.75) is 6.43 Å². The molecule has 90 valence electrons. The Kier molecular flexibility index (Phi) is 3.43. The van der Waals surface area contributed by atoms with Gasteiger partial charge in [0.25, 0.3) is 6.43 Å². The first kappa shape index (κ1) is 12.8. The van der Waals surface area contributed by atoms with Gasteiger partial charge in [0.15, 0.2) is 0 Å². The highest BCUT2D eigenvalue weighted by Gasteiger charge is 2.16. The monoisotopic (exact) mass is 340 g/mol. The maximum Gasteiger partial charge on any atom is 0.280 e. The van der Waals surface area contributed by atoms with Crippen molar-refractivity contribution in [1.82, 2.24) is 4.98 Å². The third-order valence-corrected chi connectivity index (χ3v) is 3.93. The minimum Gasteiger partial charge on any atom is -0.398 e. The SMILES string of the molecule is Nc1cc(C(F)F)nc2c(Cl)c(Cl)c(Br)cc12. The lowest BCUT2D eigenvalue weighted by atomic mass is 10.1. The molecule has 0 aliphatic carbocycles. The molecular formula is C10H5BrCl2F2N2. The van der Waals surface area contributed by atoms with E-state index in [9.17, 15) is 8.78 Å². The number of hydrogen-bond acceptors (Lipinski definition) is 2. The van der Waals surface area contributed by atoms with Crippen LogP contribution in [0.1, 0.15) is 12.1 Å². The van der Waals surface area contributed by atoms with Crippen molar-refractivity contribution in [1.29, 1.82) is 0 Å². The van der Waals surface area contributed by atoms with E-state index in [0.29, 0.717) is 9.86 Å². The van der Waals surface area contributed by atoms with Gasteiger partial charge in [0.05, 0.1) is 15.6 Å².